The number of hydrogen-bond acceptors (Lipinski definition) is 6. The van der Waals surface area contributed by atoms with Crippen LogP contribution in [-0.2, 0) is 6.54 Å². The van der Waals surface area contributed by atoms with Crippen molar-refractivity contribution in [2.45, 2.75) is 12.5 Å². The van der Waals surface area contributed by atoms with Crippen LogP contribution < -0.4 is 10.2 Å². The third-order valence-corrected chi connectivity index (χ3v) is 7.19. The first-order valence-corrected chi connectivity index (χ1v) is 11.6. The average molecular weight is 443 g/mol. The van der Waals surface area contributed by atoms with Gasteiger partial charge in [0.2, 0.25) is 0 Å². The smallest absolute Gasteiger partial charge is 0.274 e. The van der Waals surface area contributed by atoms with Gasteiger partial charge in [0.25, 0.3) is 5.91 Å². The first-order chi connectivity index (χ1) is 15.8. The largest absolute Gasteiger partial charge is 0.356 e. The van der Waals surface area contributed by atoms with E-state index in [9.17, 15) is 4.79 Å². The molecule has 0 bridgehead atoms. The Morgan fingerprint density at radius 3 is 2.69 bits per heavy atom. The fraction of sp³-hybridized carbons (Fsp3) is 0.250. The third kappa shape index (κ3) is 3.56. The predicted molar refractivity (Wildman–Crippen MR) is 124 cm³/mol. The highest BCUT2D eigenvalue weighted by molar-refractivity contribution is 7.14. The number of nitrogens with one attached hydrogen (secondary N) is 1. The summed E-state index contributed by atoms with van der Waals surface area (Å²) in [4.78, 5) is 28.5. The van der Waals surface area contributed by atoms with Gasteiger partial charge in [-0.2, -0.15) is 0 Å². The third-order valence-electron chi connectivity index (χ3n) is 6.42. The molecule has 4 aromatic rings. The molecule has 1 aliphatic carbocycles. The predicted octanol–water partition coefficient (Wildman–Crippen LogP) is 3.89. The van der Waals surface area contributed by atoms with E-state index in [-0.39, 0.29) is 5.91 Å². The summed E-state index contributed by atoms with van der Waals surface area (Å²) in [5, 5.41) is 5.75. The molecule has 0 spiro atoms. The van der Waals surface area contributed by atoms with E-state index >= 15 is 0 Å². The number of aromatic nitrogens is 4. The Morgan fingerprint density at radius 2 is 1.91 bits per heavy atom. The molecule has 7 nitrogen and oxygen atoms in total. The van der Waals surface area contributed by atoms with E-state index in [2.05, 4.69) is 31.6 Å². The van der Waals surface area contributed by atoms with Crippen molar-refractivity contribution < 1.29 is 4.79 Å². The van der Waals surface area contributed by atoms with Crippen molar-refractivity contribution >= 4 is 28.2 Å². The Labute approximate surface area is 189 Å². The van der Waals surface area contributed by atoms with Crippen LogP contribution >= 0.6 is 11.3 Å². The molecule has 1 aliphatic heterocycles. The molecular formula is C24H22N6OS. The number of nitrogens with zero attached hydrogens (tertiary/aromatic N) is 5. The van der Waals surface area contributed by atoms with Gasteiger partial charge in [0, 0.05) is 55.7 Å². The second-order valence-electron chi connectivity index (χ2n) is 8.35. The van der Waals surface area contributed by atoms with Gasteiger partial charge in [0.15, 0.2) is 5.13 Å². The maximum Gasteiger partial charge on any atom is 0.274 e. The molecule has 1 amide bonds. The van der Waals surface area contributed by atoms with E-state index in [1.54, 1.807) is 12.4 Å². The van der Waals surface area contributed by atoms with Crippen molar-refractivity contribution in [1.29, 1.82) is 0 Å². The fourth-order valence-electron chi connectivity index (χ4n) is 4.79. The number of fused-ring (bicyclic) bond motifs is 1. The van der Waals surface area contributed by atoms with E-state index < -0.39 is 0 Å². The first kappa shape index (κ1) is 19.2. The van der Waals surface area contributed by atoms with Gasteiger partial charge in [-0.25, -0.2) is 9.97 Å². The lowest BCUT2D eigenvalue weighted by atomic mass is 10.2. The minimum Gasteiger partial charge on any atom is -0.356 e. The standard InChI is InChI=1S/C24H22N6OS/c31-23(20-4-3-11-29(20)12-16-6-9-25-10-7-16)28-24-27-19(15-32-24)22-17-13-30(14-18(17)22)21-5-1-2-8-26-21/h1-11,15,17-18,22H,12-14H2,(H,27,28,31). The molecule has 1 saturated heterocycles. The van der Waals surface area contributed by atoms with Gasteiger partial charge in [-0.15, -0.1) is 11.3 Å². The number of carbonyl (C=O) groups excluding carboxylic acids is 1. The quantitative estimate of drug-likeness (QED) is 0.490. The second-order valence-corrected chi connectivity index (χ2v) is 9.21. The Hall–Kier alpha value is -3.52. The summed E-state index contributed by atoms with van der Waals surface area (Å²) in [5.41, 5.74) is 2.82. The highest BCUT2D eigenvalue weighted by atomic mass is 32.1. The summed E-state index contributed by atoms with van der Waals surface area (Å²) in [5.74, 6) is 2.66. The molecule has 0 radical (unpaired) electrons. The lowest BCUT2D eigenvalue weighted by Crippen LogP contribution is -2.24. The zero-order chi connectivity index (χ0) is 21.5. The van der Waals surface area contributed by atoms with Crippen LogP contribution in [0.5, 0.6) is 0 Å². The zero-order valence-electron chi connectivity index (χ0n) is 17.3. The highest BCUT2D eigenvalue weighted by Crippen LogP contribution is 2.58. The number of piperidine rings is 1. The van der Waals surface area contributed by atoms with Crippen LogP contribution in [0.1, 0.15) is 27.7 Å². The van der Waals surface area contributed by atoms with Gasteiger partial charge in [0.05, 0.1) is 5.69 Å². The highest BCUT2D eigenvalue weighted by Gasteiger charge is 2.57. The van der Waals surface area contributed by atoms with E-state index in [0.717, 1.165) is 30.2 Å². The van der Waals surface area contributed by atoms with Gasteiger partial charge >= 0.3 is 0 Å². The van der Waals surface area contributed by atoms with Crippen LogP contribution in [0, 0.1) is 11.8 Å². The Balaban J connectivity index is 1.09. The lowest BCUT2D eigenvalue weighted by Gasteiger charge is -2.20. The molecule has 1 N–H and O–H groups in total. The maximum absolute atomic E-state index is 12.9. The molecule has 8 heteroatoms. The number of anilines is 2. The number of thiazole rings is 1. The maximum atomic E-state index is 12.9. The molecule has 2 aliphatic rings. The number of carbonyl (C=O) groups is 1. The van der Waals surface area contributed by atoms with Crippen LogP contribution in [0.25, 0.3) is 0 Å². The normalized spacial score (nSPS) is 21.4. The fourth-order valence-corrected chi connectivity index (χ4v) is 5.55. The topological polar surface area (TPSA) is 75.9 Å². The molecule has 160 valence electrons. The molecule has 5 heterocycles. The van der Waals surface area contributed by atoms with E-state index in [4.69, 9.17) is 4.98 Å². The molecule has 6 rings (SSSR count). The van der Waals surface area contributed by atoms with Crippen LogP contribution in [0.15, 0.2) is 72.6 Å². The van der Waals surface area contributed by atoms with E-state index in [0.29, 0.717) is 35.1 Å². The summed E-state index contributed by atoms with van der Waals surface area (Å²) in [6.07, 6.45) is 7.29. The number of amides is 1. The molecule has 2 unspecified atom stereocenters. The van der Waals surface area contributed by atoms with Crippen LogP contribution in [0.4, 0.5) is 10.9 Å². The Kier molecular flexibility index (Phi) is 4.72. The Morgan fingerprint density at radius 1 is 1.06 bits per heavy atom. The van der Waals surface area contributed by atoms with Crippen molar-refractivity contribution in [2.75, 3.05) is 23.3 Å². The minimum atomic E-state index is -0.137. The molecule has 2 atom stereocenters. The second kappa shape index (κ2) is 7.87. The van der Waals surface area contributed by atoms with Crippen LogP contribution in [0.2, 0.25) is 0 Å². The van der Waals surface area contributed by atoms with Crippen LogP contribution in [-0.4, -0.2) is 38.5 Å². The Bertz CT molecular complexity index is 1230. The van der Waals surface area contributed by atoms with Crippen molar-refractivity contribution in [3.63, 3.8) is 0 Å². The summed E-state index contributed by atoms with van der Waals surface area (Å²) < 4.78 is 1.94. The van der Waals surface area contributed by atoms with Gasteiger partial charge in [-0.05, 0) is 53.8 Å². The average Bonchev–Trinajstić information content (AvgIpc) is 3.29. The molecule has 32 heavy (non-hydrogen) atoms. The van der Waals surface area contributed by atoms with Gasteiger partial charge in [0.1, 0.15) is 11.5 Å². The molecular weight excluding hydrogens is 420 g/mol. The number of pyridine rings is 2. The zero-order valence-corrected chi connectivity index (χ0v) is 18.2. The van der Waals surface area contributed by atoms with E-state index in [1.807, 2.05) is 53.4 Å². The van der Waals surface area contributed by atoms with Crippen molar-refractivity contribution in [1.82, 2.24) is 19.5 Å². The molecule has 1 saturated carbocycles. The molecule has 4 aromatic heterocycles. The van der Waals surface area contributed by atoms with Gasteiger partial charge in [-0.3, -0.25) is 15.1 Å². The number of hydrogen-bond donors (Lipinski definition) is 1. The lowest BCUT2D eigenvalue weighted by molar-refractivity contribution is 0.101. The summed E-state index contributed by atoms with van der Waals surface area (Å²) in [6, 6.07) is 13.7. The van der Waals surface area contributed by atoms with Crippen molar-refractivity contribution in [3.8, 4) is 0 Å². The summed E-state index contributed by atoms with van der Waals surface area (Å²) in [7, 11) is 0. The van der Waals surface area contributed by atoms with Gasteiger partial charge in [-0.1, -0.05) is 6.07 Å². The van der Waals surface area contributed by atoms with Gasteiger partial charge < -0.3 is 9.47 Å². The van der Waals surface area contributed by atoms with Crippen molar-refractivity contribution in [3.05, 3.63) is 89.6 Å². The van der Waals surface area contributed by atoms with E-state index in [1.165, 1.54) is 11.3 Å². The van der Waals surface area contributed by atoms with Crippen molar-refractivity contribution in [2.24, 2.45) is 11.8 Å². The number of rotatable bonds is 6. The minimum absolute atomic E-state index is 0.137. The SMILES string of the molecule is O=C(Nc1nc(C2C3CN(c4ccccn4)CC32)cs1)c1cccn1Cc1ccncc1. The monoisotopic (exact) mass is 442 g/mol. The molecule has 2 fully saturated rings. The summed E-state index contributed by atoms with van der Waals surface area (Å²) >= 11 is 1.50. The first-order valence-electron chi connectivity index (χ1n) is 10.7. The molecule has 0 aromatic carbocycles. The summed E-state index contributed by atoms with van der Waals surface area (Å²) in [6.45, 7) is 2.67. The van der Waals surface area contributed by atoms with Crippen LogP contribution in [0.3, 0.4) is 0 Å².